The van der Waals surface area contributed by atoms with Gasteiger partial charge in [0.05, 0.1) is 0 Å². The molecule has 1 unspecified atom stereocenters. The van der Waals surface area contributed by atoms with Crippen molar-refractivity contribution in [1.82, 2.24) is 5.32 Å². The van der Waals surface area contributed by atoms with E-state index in [4.69, 9.17) is 4.74 Å². The lowest BCUT2D eigenvalue weighted by atomic mass is 10.1. The van der Waals surface area contributed by atoms with Gasteiger partial charge in [-0.1, -0.05) is 6.92 Å². The second-order valence-electron chi connectivity index (χ2n) is 3.68. The summed E-state index contributed by atoms with van der Waals surface area (Å²) in [6, 6.07) is 0.727. The van der Waals surface area contributed by atoms with Crippen molar-refractivity contribution in [1.29, 1.82) is 0 Å². The lowest BCUT2D eigenvalue weighted by Gasteiger charge is -2.16. The third-order valence-electron chi connectivity index (χ3n) is 2.48. The van der Waals surface area contributed by atoms with E-state index in [9.17, 15) is 0 Å². The van der Waals surface area contributed by atoms with Gasteiger partial charge >= 0.3 is 0 Å². The molecule has 1 atom stereocenters. The summed E-state index contributed by atoms with van der Waals surface area (Å²) < 4.78 is 5.09. The third-order valence-corrected chi connectivity index (χ3v) is 2.48. The first kappa shape index (κ1) is 10.0. The summed E-state index contributed by atoms with van der Waals surface area (Å²) in [5.41, 5.74) is 0. The molecule has 1 fully saturated rings. The molecule has 0 spiro atoms. The first-order valence-electron chi connectivity index (χ1n) is 5.10. The zero-order valence-corrected chi connectivity index (χ0v) is 8.31. The van der Waals surface area contributed by atoms with Crippen molar-refractivity contribution in [2.75, 3.05) is 20.3 Å². The van der Waals surface area contributed by atoms with E-state index < -0.39 is 0 Å². The molecule has 72 valence electrons. The molecule has 0 aromatic heterocycles. The molecular weight excluding hydrogens is 150 g/mol. The van der Waals surface area contributed by atoms with Crippen LogP contribution in [0.1, 0.15) is 32.6 Å². The first-order chi connectivity index (χ1) is 5.88. The third kappa shape index (κ3) is 3.55. The molecule has 0 saturated heterocycles. The van der Waals surface area contributed by atoms with Gasteiger partial charge in [0.25, 0.3) is 0 Å². The molecule has 2 nitrogen and oxygen atoms in total. The molecule has 0 aromatic carbocycles. The van der Waals surface area contributed by atoms with E-state index in [-0.39, 0.29) is 0 Å². The van der Waals surface area contributed by atoms with Crippen molar-refractivity contribution >= 4 is 0 Å². The molecule has 0 heterocycles. The Bertz CT molecular complexity index is 104. The molecule has 12 heavy (non-hydrogen) atoms. The number of hydrogen-bond acceptors (Lipinski definition) is 2. The van der Waals surface area contributed by atoms with Crippen LogP contribution < -0.4 is 5.32 Å². The van der Waals surface area contributed by atoms with Gasteiger partial charge < -0.3 is 10.1 Å². The minimum atomic E-state index is 0.727. The van der Waals surface area contributed by atoms with E-state index >= 15 is 0 Å². The highest BCUT2D eigenvalue weighted by molar-refractivity contribution is 4.85. The van der Waals surface area contributed by atoms with Crippen molar-refractivity contribution in [3.8, 4) is 0 Å². The standard InChI is InChI=1S/C10H21NO/c1-3-7-11-10(6-8-12-2)9-4-5-9/h9-11H,3-8H2,1-2H3. The van der Waals surface area contributed by atoms with E-state index in [1.165, 1.54) is 25.7 Å². The summed E-state index contributed by atoms with van der Waals surface area (Å²) in [6.07, 6.45) is 5.26. The summed E-state index contributed by atoms with van der Waals surface area (Å²) in [6.45, 7) is 4.27. The smallest absolute Gasteiger partial charge is 0.0477 e. The highest BCUT2D eigenvalue weighted by Crippen LogP contribution is 2.33. The van der Waals surface area contributed by atoms with Gasteiger partial charge in [-0.25, -0.2) is 0 Å². The molecule has 1 N–H and O–H groups in total. The average molecular weight is 171 g/mol. The van der Waals surface area contributed by atoms with E-state index in [1.807, 2.05) is 0 Å². The normalized spacial score (nSPS) is 19.5. The molecule has 1 rings (SSSR count). The Balaban J connectivity index is 2.09. The second-order valence-corrected chi connectivity index (χ2v) is 3.68. The maximum atomic E-state index is 5.09. The van der Waals surface area contributed by atoms with Gasteiger partial charge in [0.15, 0.2) is 0 Å². The van der Waals surface area contributed by atoms with Crippen LogP contribution in [-0.4, -0.2) is 26.3 Å². The van der Waals surface area contributed by atoms with E-state index in [1.54, 1.807) is 7.11 Å². The number of nitrogens with one attached hydrogen (secondary N) is 1. The topological polar surface area (TPSA) is 21.3 Å². The van der Waals surface area contributed by atoms with Crippen molar-refractivity contribution in [2.45, 2.75) is 38.6 Å². The minimum absolute atomic E-state index is 0.727. The quantitative estimate of drug-likeness (QED) is 0.630. The van der Waals surface area contributed by atoms with Crippen LogP contribution >= 0.6 is 0 Å². The summed E-state index contributed by atoms with van der Waals surface area (Å²) in [7, 11) is 1.78. The van der Waals surface area contributed by atoms with Crippen LogP contribution in [0.3, 0.4) is 0 Å². The van der Waals surface area contributed by atoms with Crippen molar-refractivity contribution < 1.29 is 4.74 Å². The second kappa shape index (κ2) is 5.55. The Kier molecular flexibility index (Phi) is 4.62. The molecule has 0 amide bonds. The molecule has 1 aliphatic rings. The van der Waals surface area contributed by atoms with Gasteiger partial charge in [-0.3, -0.25) is 0 Å². The van der Waals surface area contributed by atoms with E-state index in [0.29, 0.717) is 0 Å². The fourth-order valence-electron chi connectivity index (χ4n) is 1.58. The fraction of sp³-hybridized carbons (Fsp3) is 1.00. The largest absolute Gasteiger partial charge is 0.385 e. The number of hydrogen-bond donors (Lipinski definition) is 1. The SMILES string of the molecule is CCCNC(CCOC)C1CC1. The lowest BCUT2D eigenvalue weighted by Crippen LogP contribution is -2.32. The maximum absolute atomic E-state index is 5.09. The van der Waals surface area contributed by atoms with Gasteiger partial charge in [-0.15, -0.1) is 0 Å². The van der Waals surface area contributed by atoms with Crippen LogP contribution in [0.15, 0.2) is 0 Å². The zero-order chi connectivity index (χ0) is 8.81. The fourth-order valence-corrected chi connectivity index (χ4v) is 1.58. The predicted molar refractivity (Wildman–Crippen MR) is 51.3 cm³/mol. The van der Waals surface area contributed by atoms with E-state index in [2.05, 4.69) is 12.2 Å². The van der Waals surface area contributed by atoms with Gasteiger partial charge in [0.1, 0.15) is 0 Å². The molecule has 0 aromatic rings. The molecule has 1 saturated carbocycles. The Hall–Kier alpha value is -0.0800. The molecule has 2 heteroatoms. The summed E-state index contributed by atoms with van der Waals surface area (Å²) in [5.74, 6) is 0.951. The van der Waals surface area contributed by atoms with Crippen molar-refractivity contribution in [3.63, 3.8) is 0 Å². The number of rotatable bonds is 7. The molecule has 0 radical (unpaired) electrons. The number of ether oxygens (including phenoxy) is 1. The highest BCUT2D eigenvalue weighted by atomic mass is 16.5. The maximum Gasteiger partial charge on any atom is 0.0477 e. The molecule has 1 aliphatic carbocycles. The average Bonchev–Trinajstić information content (AvgIpc) is 2.88. The van der Waals surface area contributed by atoms with Gasteiger partial charge in [0.2, 0.25) is 0 Å². The number of methoxy groups -OCH3 is 1. The molecular formula is C10H21NO. The Morgan fingerprint density at radius 2 is 2.25 bits per heavy atom. The van der Waals surface area contributed by atoms with Crippen LogP contribution in [0.25, 0.3) is 0 Å². The van der Waals surface area contributed by atoms with Gasteiger partial charge in [0, 0.05) is 19.8 Å². The van der Waals surface area contributed by atoms with Crippen molar-refractivity contribution in [3.05, 3.63) is 0 Å². The summed E-state index contributed by atoms with van der Waals surface area (Å²) in [4.78, 5) is 0. The van der Waals surface area contributed by atoms with Crippen LogP contribution in [0.4, 0.5) is 0 Å². The summed E-state index contributed by atoms with van der Waals surface area (Å²) in [5, 5.41) is 3.59. The molecule has 0 aliphatic heterocycles. The Labute approximate surface area is 75.7 Å². The monoisotopic (exact) mass is 171 g/mol. The zero-order valence-electron chi connectivity index (χ0n) is 8.31. The lowest BCUT2D eigenvalue weighted by molar-refractivity contribution is 0.179. The summed E-state index contributed by atoms with van der Waals surface area (Å²) >= 11 is 0. The predicted octanol–water partition coefficient (Wildman–Crippen LogP) is 1.80. The minimum Gasteiger partial charge on any atom is -0.385 e. The van der Waals surface area contributed by atoms with Crippen LogP contribution in [0, 0.1) is 5.92 Å². The first-order valence-corrected chi connectivity index (χ1v) is 5.10. The Morgan fingerprint density at radius 1 is 1.50 bits per heavy atom. The highest BCUT2D eigenvalue weighted by Gasteiger charge is 2.29. The van der Waals surface area contributed by atoms with Gasteiger partial charge in [-0.2, -0.15) is 0 Å². The van der Waals surface area contributed by atoms with Crippen LogP contribution in [0.2, 0.25) is 0 Å². The van der Waals surface area contributed by atoms with E-state index in [0.717, 1.165) is 25.1 Å². The van der Waals surface area contributed by atoms with Crippen molar-refractivity contribution in [2.24, 2.45) is 5.92 Å². The van der Waals surface area contributed by atoms with Crippen LogP contribution in [0.5, 0.6) is 0 Å². The Morgan fingerprint density at radius 3 is 2.75 bits per heavy atom. The van der Waals surface area contributed by atoms with Gasteiger partial charge in [-0.05, 0) is 38.1 Å². The molecule has 0 bridgehead atoms. The van der Waals surface area contributed by atoms with Crippen LogP contribution in [-0.2, 0) is 4.74 Å².